The molecule has 6 nitrogen and oxygen atoms in total. The molecule has 34 heavy (non-hydrogen) atoms. The molecule has 2 atom stereocenters. The molecule has 178 valence electrons. The van der Waals surface area contributed by atoms with Crippen molar-refractivity contribution < 1.29 is 18.0 Å². The molecule has 4 rings (SSSR count). The number of halogens is 3. The summed E-state index contributed by atoms with van der Waals surface area (Å²) in [4.78, 5) is 28.2. The van der Waals surface area contributed by atoms with Crippen molar-refractivity contribution in [3.05, 3.63) is 71.7 Å². The molecule has 1 aliphatic rings. The maximum atomic E-state index is 13.8. The summed E-state index contributed by atoms with van der Waals surface area (Å²) < 4.78 is 38.5. The highest BCUT2D eigenvalue weighted by Gasteiger charge is 2.34. The van der Waals surface area contributed by atoms with Crippen molar-refractivity contribution >= 4 is 11.7 Å². The second kappa shape index (κ2) is 9.79. The number of carbonyl (C=O) groups is 1. The summed E-state index contributed by atoms with van der Waals surface area (Å²) in [6.07, 6.45) is 1.52. The number of aromatic nitrogens is 3. The van der Waals surface area contributed by atoms with Crippen LogP contribution < -0.4 is 5.32 Å². The third-order valence-corrected chi connectivity index (χ3v) is 6.25. The van der Waals surface area contributed by atoms with E-state index in [1.54, 1.807) is 24.5 Å². The first-order chi connectivity index (χ1) is 16.3. The van der Waals surface area contributed by atoms with Crippen molar-refractivity contribution in [3.63, 3.8) is 0 Å². The predicted molar refractivity (Wildman–Crippen MR) is 123 cm³/mol. The standard InChI is InChI=1S/C25H26F3N5O/c1-16-7-4-13-33(20(16)15-32-21-10-9-18(14-31-21)25(26,27)28)24(34)19-8-3-6-17(2)22(19)23-29-11-5-12-30-23/h3,5-6,8-12,14,16,20H,4,7,13,15H2,1-2H3,(H,31,32)/t16?,20-/m1/s1. The summed E-state index contributed by atoms with van der Waals surface area (Å²) in [5.74, 6) is 0.940. The number of nitrogens with one attached hydrogen (secondary N) is 1. The summed E-state index contributed by atoms with van der Waals surface area (Å²) in [5, 5.41) is 3.12. The minimum atomic E-state index is -4.43. The first kappa shape index (κ1) is 23.7. The Hall–Kier alpha value is -3.49. The zero-order chi connectivity index (χ0) is 24.3. The Balaban J connectivity index is 1.57. The fraction of sp³-hybridized carbons (Fsp3) is 0.360. The highest BCUT2D eigenvalue weighted by atomic mass is 19.4. The molecule has 0 spiro atoms. The number of pyridine rings is 1. The molecule has 1 unspecified atom stereocenters. The van der Waals surface area contributed by atoms with Crippen molar-refractivity contribution in [1.29, 1.82) is 0 Å². The number of nitrogens with zero attached hydrogens (tertiary/aromatic N) is 4. The molecular weight excluding hydrogens is 443 g/mol. The Morgan fingerprint density at radius 1 is 1.12 bits per heavy atom. The summed E-state index contributed by atoms with van der Waals surface area (Å²) >= 11 is 0. The first-order valence-corrected chi connectivity index (χ1v) is 11.2. The van der Waals surface area contributed by atoms with E-state index in [-0.39, 0.29) is 17.9 Å². The number of piperidine rings is 1. The van der Waals surface area contributed by atoms with E-state index in [1.807, 2.05) is 24.0 Å². The average molecular weight is 470 g/mol. The topological polar surface area (TPSA) is 71.0 Å². The molecule has 0 radical (unpaired) electrons. The fourth-order valence-electron chi connectivity index (χ4n) is 4.41. The van der Waals surface area contributed by atoms with Crippen LogP contribution in [0.2, 0.25) is 0 Å². The van der Waals surface area contributed by atoms with Crippen LogP contribution in [0.1, 0.15) is 41.3 Å². The number of carbonyl (C=O) groups excluding carboxylic acids is 1. The highest BCUT2D eigenvalue weighted by molar-refractivity contribution is 6.01. The minimum Gasteiger partial charge on any atom is -0.368 e. The number of hydrogen-bond acceptors (Lipinski definition) is 5. The molecule has 3 heterocycles. The van der Waals surface area contributed by atoms with Crippen LogP contribution in [0.4, 0.5) is 19.0 Å². The van der Waals surface area contributed by atoms with Crippen LogP contribution in [0, 0.1) is 12.8 Å². The lowest BCUT2D eigenvalue weighted by Gasteiger charge is -2.40. The van der Waals surface area contributed by atoms with E-state index in [4.69, 9.17) is 0 Å². The van der Waals surface area contributed by atoms with Gasteiger partial charge in [-0.05, 0) is 55.5 Å². The molecule has 0 aliphatic carbocycles. The smallest absolute Gasteiger partial charge is 0.368 e. The average Bonchev–Trinajstić information content (AvgIpc) is 2.83. The Morgan fingerprint density at radius 2 is 1.88 bits per heavy atom. The zero-order valence-electron chi connectivity index (χ0n) is 19.0. The predicted octanol–water partition coefficient (Wildman–Crippen LogP) is 5.22. The second-order valence-corrected chi connectivity index (χ2v) is 8.57. The van der Waals surface area contributed by atoms with Gasteiger partial charge in [-0.3, -0.25) is 4.79 Å². The summed E-state index contributed by atoms with van der Waals surface area (Å²) in [6.45, 7) is 4.99. The largest absolute Gasteiger partial charge is 0.417 e. The Morgan fingerprint density at radius 3 is 2.56 bits per heavy atom. The van der Waals surface area contributed by atoms with Gasteiger partial charge in [0.1, 0.15) is 5.82 Å². The molecule has 1 amide bonds. The van der Waals surface area contributed by atoms with Gasteiger partial charge in [0, 0.05) is 37.2 Å². The van der Waals surface area contributed by atoms with Crippen molar-refractivity contribution in [3.8, 4) is 11.4 Å². The van der Waals surface area contributed by atoms with Crippen LogP contribution in [0.15, 0.2) is 55.0 Å². The molecule has 1 aliphatic heterocycles. The quantitative estimate of drug-likeness (QED) is 0.555. The molecule has 0 saturated carbocycles. The van der Waals surface area contributed by atoms with Gasteiger partial charge in [0.2, 0.25) is 0 Å². The third-order valence-electron chi connectivity index (χ3n) is 6.25. The van der Waals surface area contributed by atoms with E-state index in [9.17, 15) is 18.0 Å². The summed E-state index contributed by atoms with van der Waals surface area (Å²) in [5.41, 5.74) is 1.36. The van der Waals surface area contributed by atoms with Gasteiger partial charge in [0.05, 0.1) is 17.2 Å². The van der Waals surface area contributed by atoms with Gasteiger partial charge in [-0.1, -0.05) is 19.1 Å². The molecule has 1 saturated heterocycles. The summed E-state index contributed by atoms with van der Waals surface area (Å²) in [7, 11) is 0. The molecule has 1 N–H and O–H groups in total. The lowest BCUT2D eigenvalue weighted by molar-refractivity contribution is -0.137. The van der Waals surface area contributed by atoms with E-state index < -0.39 is 11.7 Å². The second-order valence-electron chi connectivity index (χ2n) is 8.57. The van der Waals surface area contributed by atoms with Crippen LogP contribution in [-0.2, 0) is 6.18 Å². The number of rotatable bonds is 5. The van der Waals surface area contributed by atoms with E-state index in [0.717, 1.165) is 30.7 Å². The number of benzene rings is 1. The van der Waals surface area contributed by atoms with Crippen LogP contribution in [0.5, 0.6) is 0 Å². The van der Waals surface area contributed by atoms with Gasteiger partial charge in [-0.2, -0.15) is 13.2 Å². The molecule has 0 bridgehead atoms. The number of hydrogen-bond donors (Lipinski definition) is 1. The van der Waals surface area contributed by atoms with Crippen molar-refractivity contribution in [2.45, 2.75) is 38.9 Å². The van der Waals surface area contributed by atoms with Crippen LogP contribution >= 0.6 is 0 Å². The van der Waals surface area contributed by atoms with Gasteiger partial charge in [0.25, 0.3) is 5.91 Å². The number of aryl methyl sites for hydroxylation is 1. The monoisotopic (exact) mass is 469 g/mol. The number of likely N-dealkylation sites (tertiary alicyclic amines) is 1. The molecule has 3 aromatic rings. The number of amides is 1. The molecule has 1 aromatic carbocycles. The lowest BCUT2D eigenvalue weighted by Crippen LogP contribution is -2.51. The summed E-state index contributed by atoms with van der Waals surface area (Å²) in [6, 6.07) is 9.47. The van der Waals surface area contributed by atoms with E-state index >= 15 is 0 Å². The molecular formula is C25H26F3N5O. The fourth-order valence-corrected chi connectivity index (χ4v) is 4.41. The SMILES string of the molecule is Cc1cccc(C(=O)N2CCCC(C)[C@H]2CNc2ccc(C(F)(F)F)cn2)c1-c1ncccn1. The first-order valence-electron chi connectivity index (χ1n) is 11.2. The van der Waals surface area contributed by atoms with Crippen molar-refractivity contribution in [1.82, 2.24) is 19.9 Å². The zero-order valence-corrected chi connectivity index (χ0v) is 19.0. The van der Waals surface area contributed by atoms with Gasteiger partial charge in [-0.15, -0.1) is 0 Å². The maximum Gasteiger partial charge on any atom is 0.417 e. The molecule has 2 aromatic heterocycles. The number of anilines is 1. The molecule has 1 fully saturated rings. The van der Waals surface area contributed by atoms with Gasteiger partial charge >= 0.3 is 6.18 Å². The van der Waals surface area contributed by atoms with Crippen LogP contribution in [-0.4, -0.2) is 44.9 Å². The minimum absolute atomic E-state index is 0.107. The Bertz CT molecular complexity index is 1140. The van der Waals surface area contributed by atoms with E-state index in [0.29, 0.717) is 35.9 Å². The van der Waals surface area contributed by atoms with Crippen molar-refractivity contribution in [2.24, 2.45) is 5.92 Å². The normalized spacial score (nSPS) is 18.6. The lowest BCUT2D eigenvalue weighted by atomic mass is 9.89. The third kappa shape index (κ3) is 5.03. The van der Waals surface area contributed by atoms with Crippen LogP contribution in [0.3, 0.4) is 0 Å². The van der Waals surface area contributed by atoms with Crippen LogP contribution in [0.25, 0.3) is 11.4 Å². The Labute approximate surface area is 196 Å². The van der Waals surface area contributed by atoms with E-state index in [2.05, 4.69) is 27.2 Å². The molecule has 9 heteroatoms. The van der Waals surface area contributed by atoms with Gasteiger partial charge in [-0.25, -0.2) is 15.0 Å². The van der Waals surface area contributed by atoms with Gasteiger partial charge in [0.15, 0.2) is 5.82 Å². The van der Waals surface area contributed by atoms with Crippen molar-refractivity contribution in [2.75, 3.05) is 18.4 Å². The maximum absolute atomic E-state index is 13.8. The van der Waals surface area contributed by atoms with E-state index in [1.165, 1.54) is 6.07 Å². The van der Waals surface area contributed by atoms with Gasteiger partial charge < -0.3 is 10.2 Å². The Kier molecular flexibility index (Phi) is 6.81. The highest BCUT2D eigenvalue weighted by Crippen LogP contribution is 2.31. The number of alkyl halides is 3.